The lowest BCUT2D eigenvalue weighted by molar-refractivity contribution is 0.0690. The molecule has 1 aromatic rings. The molecular formula is C11H13NO4S. The summed E-state index contributed by atoms with van der Waals surface area (Å²) in [5, 5.41) is 8.83. The van der Waals surface area contributed by atoms with Gasteiger partial charge in [0.15, 0.2) is 0 Å². The molecular weight excluding hydrogens is 242 g/mol. The molecule has 92 valence electrons. The quantitative estimate of drug-likeness (QED) is 0.854. The van der Waals surface area contributed by atoms with Gasteiger partial charge < -0.3 is 5.11 Å². The maximum absolute atomic E-state index is 11.3. The molecule has 17 heavy (non-hydrogen) atoms. The zero-order valence-electron chi connectivity index (χ0n) is 9.17. The molecule has 0 aliphatic carbocycles. The van der Waals surface area contributed by atoms with Gasteiger partial charge in [-0.3, -0.25) is 0 Å². The summed E-state index contributed by atoms with van der Waals surface area (Å²) in [7, 11) is -2.89. The zero-order valence-corrected chi connectivity index (χ0v) is 9.98. The summed E-state index contributed by atoms with van der Waals surface area (Å²) < 4.78 is 22.6. The Morgan fingerprint density at radius 1 is 1.29 bits per heavy atom. The molecule has 0 spiro atoms. The highest BCUT2D eigenvalue weighted by molar-refractivity contribution is 7.91. The van der Waals surface area contributed by atoms with Gasteiger partial charge in [-0.25, -0.2) is 18.2 Å². The number of nitrogens with zero attached hydrogens (tertiary/aromatic N) is 1. The Morgan fingerprint density at radius 3 is 2.53 bits per heavy atom. The first-order chi connectivity index (χ1) is 7.98. The molecule has 1 aliphatic rings. The zero-order chi connectivity index (χ0) is 12.5. The molecule has 1 saturated heterocycles. The smallest absolute Gasteiger partial charge is 0.354 e. The first-order valence-corrected chi connectivity index (χ1v) is 7.21. The first-order valence-electron chi connectivity index (χ1n) is 5.38. The summed E-state index contributed by atoms with van der Waals surface area (Å²) in [6, 6.07) is 4.84. The van der Waals surface area contributed by atoms with Crippen LogP contribution in [0.5, 0.6) is 0 Å². The van der Waals surface area contributed by atoms with Gasteiger partial charge in [-0.05, 0) is 25.0 Å². The lowest BCUT2D eigenvalue weighted by Crippen LogP contribution is -2.23. The Morgan fingerprint density at radius 2 is 1.94 bits per heavy atom. The number of pyridine rings is 1. The molecule has 2 heterocycles. The molecule has 0 bridgehead atoms. The fourth-order valence-corrected chi connectivity index (χ4v) is 3.48. The number of carboxylic acids is 1. The predicted octanol–water partition coefficient (Wildman–Crippen LogP) is 1.07. The Hall–Kier alpha value is -1.43. The van der Waals surface area contributed by atoms with Crippen LogP contribution in [0.1, 0.15) is 34.9 Å². The Kier molecular flexibility index (Phi) is 3.15. The van der Waals surface area contributed by atoms with Crippen LogP contribution in [-0.4, -0.2) is 36.0 Å². The van der Waals surface area contributed by atoms with E-state index in [0.29, 0.717) is 18.5 Å². The van der Waals surface area contributed by atoms with Gasteiger partial charge in [-0.15, -0.1) is 0 Å². The standard InChI is InChI=1S/C11H13NO4S/c13-11(14)10-3-1-2-9(12-10)8-4-6-17(15,16)7-5-8/h1-3,8H,4-7H2,(H,13,14). The van der Waals surface area contributed by atoms with E-state index in [1.807, 2.05) is 0 Å². The number of carboxylic acid groups (broad SMARTS) is 1. The number of carbonyl (C=O) groups is 1. The minimum atomic E-state index is -2.89. The number of rotatable bonds is 2. The third-order valence-corrected chi connectivity index (χ3v) is 4.68. The van der Waals surface area contributed by atoms with Crippen LogP contribution in [0.4, 0.5) is 0 Å². The molecule has 0 radical (unpaired) electrons. The Labute approximate surface area is 99.4 Å². The van der Waals surface area contributed by atoms with E-state index >= 15 is 0 Å². The molecule has 1 N–H and O–H groups in total. The van der Waals surface area contributed by atoms with E-state index in [4.69, 9.17) is 5.11 Å². The topological polar surface area (TPSA) is 84.3 Å². The predicted molar refractivity (Wildman–Crippen MR) is 61.8 cm³/mol. The van der Waals surface area contributed by atoms with E-state index in [1.165, 1.54) is 6.07 Å². The normalized spacial score (nSPS) is 20.0. The van der Waals surface area contributed by atoms with Gasteiger partial charge in [-0.1, -0.05) is 6.07 Å². The summed E-state index contributed by atoms with van der Waals surface area (Å²) in [4.78, 5) is 14.8. The highest BCUT2D eigenvalue weighted by Gasteiger charge is 2.25. The molecule has 1 fully saturated rings. The molecule has 0 aromatic carbocycles. The average molecular weight is 255 g/mol. The highest BCUT2D eigenvalue weighted by Crippen LogP contribution is 2.27. The molecule has 0 amide bonds. The van der Waals surface area contributed by atoms with Gasteiger partial charge in [0.2, 0.25) is 0 Å². The molecule has 0 saturated carbocycles. The fourth-order valence-electron chi connectivity index (χ4n) is 1.98. The van der Waals surface area contributed by atoms with Crippen molar-refractivity contribution in [2.45, 2.75) is 18.8 Å². The first kappa shape index (κ1) is 12.0. The van der Waals surface area contributed by atoms with E-state index in [2.05, 4.69) is 4.98 Å². The minimum Gasteiger partial charge on any atom is -0.477 e. The monoisotopic (exact) mass is 255 g/mol. The van der Waals surface area contributed by atoms with E-state index in [9.17, 15) is 13.2 Å². The summed E-state index contributed by atoms with van der Waals surface area (Å²) >= 11 is 0. The number of hydrogen-bond acceptors (Lipinski definition) is 4. The molecule has 1 aliphatic heterocycles. The van der Waals surface area contributed by atoms with E-state index in [1.54, 1.807) is 12.1 Å². The van der Waals surface area contributed by atoms with Crippen molar-refractivity contribution in [1.82, 2.24) is 4.98 Å². The van der Waals surface area contributed by atoms with Crippen LogP contribution in [0.3, 0.4) is 0 Å². The molecule has 0 unspecified atom stereocenters. The SMILES string of the molecule is O=C(O)c1cccc(C2CCS(=O)(=O)CC2)n1. The largest absolute Gasteiger partial charge is 0.477 e. The van der Waals surface area contributed by atoms with Gasteiger partial charge in [-0.2, -0.15) is 0 Å². The number of aromatic nitrogens is 1. The van der Waals surface area contributed by atoms with Crippen LogP contribution >= 0.6 is 0 Å². The van der Waals surface area contributed by atoms with Crippen LogP contribution in [0.25, 0.3) is 0 Å². The second-order valence-corrected chi connectivity index (χ2v) is 6.48. The van der Waals surface area contributed by atoms with Gasteiger partial charge >= 0.3 is 5.97 Å². The number of aromatic carboxylic acids is 1. The Bertz CT molecular complexity index is 524. The molecule has 0 atom stereocenters. The van der Waals surface area contributed by atoms with Crippen LogP contribution in [-0.2, 0) is 9.84 Å². The maximum Gasteiger partial charge on any atom is 0.354 e. The fraction of sp³-hybridized carbons (Fsp3) is 0.455. The third-order valence-electron chi connectivity index (χ3n) is 2.96. The van der Waals surface area contributed by atoms with E-state index in [0.717, 1.165) is 0 Å². The lowest BCUT2D eigenvalue weighted by Gasteiger charge is -2.21. The number of hydrogen-bond donors (Lipinski definition) is 1. The Balaban J connectivity index is 2.18. The van der Waals surface area contributed by atoms with E-state index < -0.39 is 15.8 Å². The van der Waals surface area contributed by atoms with E-state index in [-0.39, 0.29) is 23.1 Å². The van der Waals surface area contributed by atoms with Crippen molar-refractivity contribution in [2.75, 3.05) is 11.5 Å². The summed E-state index contributed by atoms with van der Waals surface area (Å²) in [6.07, 6.45) is 1.05. The molecule has 2 rings (SSSR count). The van der Waals surface area contributed by atoms with Crippen LogP contribution < -0.4 is 0 Å². The lowest BCUT2D eigenvalue weighted by atomic mass is 9.98. The maximum atomic E-state index is 11.3. The molecule has 5 nitrogen and oxygen atoms in total. The van der Waals surface area contributed by atoms with Crippen LogP contribution in [0.15, 0.2) is 18.2 Å². The molecule has 6 heteroatoms. The van der Waals surface area contributed by atoms with Gasteiger partial charge in [0, 0.05) is 11.6 Å². The molecule has 1 aromatic heterocycles. The van der Waals surface area contributed by atoms with Gasteiger partial charge in [0.1, 0.15) is 15.5 Å². The van der Waals surface area contributed by atoms with Gasteiger partial charge in [0.25, 0.3) is 0 Å². The summed E-state index contributed by atoms with van der Waals surface area (Å²) in [6.45, 7) is 0. The van der Waals surface area contributed by atoms with Crippen molar-refractivity contribution in [2.24, 2.45) is 0 Å². The van der Waals surface area contributed by atoms with Crippen molar-refractivity contribution in [3.8, 4) is 0 Å². The third kappa shape index (κ3) is 2.82. The summed E-state index contributed by atoms with van der Waals surface area (Å²) in [5.74, 6) is -0.680. The van der Waals surface area contributed by atoms with Crippen molar-refractivity contribution in [3.63, 3.8) is 0 Å². The van der Waals surface area contributed by atoms with Crippen molar-refractivity contribution in [3.05, 3.63) is 29.6 Å². The van der Waals surface area contributed by atoms with Crippen molar-refractivity contribution >= 4 is 15.8 Å². The minimum absolute atomic E-state index is 0.0101. The number of sulfone groups is 1. The second kappa shape index (κ2) is 4.44. The van der Waals surface area contributed by atoms with Crippen LogP contribution in [0.2, 0.25) is 0 Å². The highest BCUT2D eigenvalue weighted by atomic mass is 32.2. The van der Waals surface area contributed by atoms with Crippen molar-refractivity contribution in [1.29, 1.82) is 0 Å². The second-order valence-electron chi connectivity index (χ2n) is 4.18. The average Bonchev–Trinajstić information content (AvgIpc) is 2.29. The summed E-state index contributed by atoms with van der Waals surface area (Å²) in [5.41, 5.74) is 0.690. The van der Waals surface area contributed by atoms with Crippen molar-refractivity contribution < 1.29 is 18.3 Å². The van der Waals surface area contributed by atoms with Crippen LogP contribution in [0, 0.1) is 0 Å². The van der Waals surface area contributed by atoms with Gasteiger partial charge in [0.05, 0.1) is 11.5 Å².